The van der Waals surface area contributed by atoms with Crippen LogP contribution in [0.2, 0.25) is 0 Å². The first-order valence-electron chi connectivity index (χ1n) is 3.38. The first-order chi connectivity index (χ1) is 5.64. The summed E-state index contributed by atoms with van der Waals surface area (Å²) in [5, 5.41) is 0. The molecule has 1 nitrogen and oxygen atoms in total. The van der Waals surface area contributed by atoms with Gasteiger partial charge in [-0.05, 0) is 18.5 Å². The summed E-state index contributed by atoms with van der Waals surface area (Å²) in [5.41, 5.74) is 0.525. The van der Waals surface area contributed by atoms with Gasteiger partial charge in [0.05, 0.1) is 6.42 Å². The summed E-state index contributed by atoms with van der Waals surface area (Å²) < 4.78 is 28.8. The van der Waals surface area contributed by atoms with E-state index in [0.29, 0.717) is 5.56 Å². The molecule has 1 aromatic carbocycles. The molecular weight excluding hydrogens is 182 g/mol. The SMILES string of the molecule is FC(F)(Cc1ccccc1)OS. The molecule has 0 saturated heterocycles. The third kappa shape index (κ3) is 2.79. The van der Waals surface area contributed by atoms with Crippen molar-refractivity contribution in [2.24, 2.45) is 0 Å². The minimum atomic E-state index is -3.19. The summed E-state index contributed by atoms with van der Waals surface area (Å²) in [7, 11) is 0. The number of rotatable bonds is 3. The average molecular weight is 190 g/mol. The maximum atomic E-state index is 12.5. The van der Waals surface area contributed by atoms with Gasteiger partial charge in [-0.1, -0.05) is 30.3 Å². The molecule has 0 amide bonds. The molecule has 0 aliphatic heterocycles. The number of halogens is 2. The molecule has 0 fully saturated rings. The standard InChI is InChI=1S/C8H8F2OS/c9-8(10,11-12)6-7-4-2-1-3-5-7/h1-5,12H,6H2. The molecule has 1 aromatic rings. The van der Waals surface area contributed by atoms with Gasteiger partial charge in [-0.2, -0.15) is 8.78 Å². The van der Waals surface area contributed by atoms with E-state index < -0.39 is 12.5 Å². The van der Waals surface area contributed by atoms with Crippen LogP contribution in [0.25, 0.3) is 0 Å². The van der Waals surface area contributed by atoms with Crippen LogP contribution in [0.4, 0.5) is 8.78 Å². The molecule has 66 valence electrons. The Balaban J connectivity index is 2.64. The molecule has 0 saturated carbocycles. The van der Waals surface area contributed by atoms with Crippen molar-refractivity contribution < 1.29 is 13.0 Å². The minimum absolute atomic E-state index is 0.447. The van der Waals surface area contributed by atoms with Gasteiger partial charge in [-0.3, -0.25) is 4.18 Å². The Morgan fingerprint density at radius 1 is 1.25 bits per heavy atom. The first-order valence-corrected chi connectivity index (χ1v) is 3.75. The van der Waals surface area contributed by atoms with E-state index in [0.717, 1.165) is 0 Å². The summed E-state index contributed by atoms with van der Waals surface area (Å²) in [4.78, 5) is 0. The highest BCUT2D eigenvalue weighted by atomic mass is 32.1. The Bertz CT molecular complexity index is 238. The Kier molecular flexibility index (Phi) is 3.05. The predicted molar refractivity (Wildman–Crippen MR) is 45.2 cm³/mol. The molecule has 0 N–H and O–H groups in total. The molecule has 0 radical (unpaired) electrons. The number of hydrogen-bond donors (Lipinski definition) is 1. The molecule has 0 aliphatic rings. The van der Waals surface area contributed by atoms with Crippen molar-refractivity contribution in [1.29, 1.82) is 0 Å². The lowest BCUT2D eigenvalue weighted by molar-refractivity contribution is -0.161. The fourth-order valence-electron chi connectivity index (χ4n) is 0.866. The summed E-state index contributed by atoms with van der Waals surface area (Å²) >= 11 is 3.08. The number of benzene rings is 1. The van der Waals surface area contributed by atoms with Crippen LogP contribution in [0.3, 0.4) is 0 Å². The number of alkyl halides is 2. The topological polar surface area (TPSA) is 9.23 Å². The number of hydrogen-bond acceptors (Lipinski definition) is 2. The van der Waals surface area contributed by atoms with Crippen molar-refractivity contribution >= 4 is 12.9 Å². The van der Waals surface area contributed by atoms with Gasteiger partial charge < -0.3 is 0 Å². The van der Waals surface area contributed by atoms with E-state index in [1.807, 2.05) is 0 Å². The number of thiol groups is 1. The Morgan fingerprint density at radius 2 is 1.83 bits per heavy atom. The zero-order valence-corrected chi connectivity index (χ0v) is 7.10. The van der Waals surface area contributed by atoms with Gasteiger partial charge in [0.2, 0.25) is 0 Å². The van der Waals surface area contributed by atoms with Crippen LogP contribution in [0.15, 0.2) is 30.3 Å². The second-order valence-corrected chi connectivity index (χ2v) is 2.57. The van der Waals surface area contributed by atoms with E-state index in [1.54, 1.807) is 30.3 Å². The third-order valence-corrected chi connectivity index (χ3v) is 1.65. The highest BCUT2D eigenvalue weighted by Gasteiger charge is 2.29. The molecular formula is C8H8F2OS. The summed E-state index contributed by atoms with van der Waals surface area (Å²) in [6.07, 6.45) is -3.64. The van der Waals surface area contributed by atoms with Crippen LogP contribution in [0, 0.1) is 0 Å². The highest BCUT2D eigenvalue weighted by molar-refractivity contribution is 7.75. The van der Waals surface area contributed by atoms with Crippen molar-refractivity contribution in [3.63, 3.8) is 0 Å². The lowest BCUT2D eigenvalue weighted by Gasteiger charge is -2.11. The Labute approximate surface area is 75.0 Å². The second-order valence-electron chi connectivity index (χ2n) is 2.39. The van der Waals surface area contributed by atoms with Crippen molar-refractivity contribution in [2.45, 2.75) is 12.5 Å². The maximum absolute atomic E-state index is 12.5. The van der Waals surface area contributed by atoms with Gasteiger partial charge >= 0.3 is 6.11 Å². The van der Waals surface area contributed by atoms with E-state index in [-0.39, 0.29) is 0 Å². The minimum Gasteiger partial charge on any atom is -0.252 e. The third-order valence-electron chi connectivity index (χ3n) is 1.39. The van der Waals surface area contributed by atoms with E-state index in [2.05, 4.69) is 17.1 Å². The van der Waals surface area contributed by atoms with Crippen LogP contribution in [-0.2, 0) is 10.6 Å². The van der Waals surface area contributed by atoms with E-state index in [4.69, 9.17) is 0 Å². The molecule has 0 unspecified atom stereocenters. The monoisotopic (exact) mass is 190 g/mol. The van der Waals surface area contributed by atoms with Crippen LogP contribution >= 0.6 is 12.9 Å². The van der Waals surface area contributed by atoms with Gasteiger partial charge in [0.15, 0.2) is 0 Å². The molecule has 0 atom stereocenters. The van der Waals surface area contributed by atoms with Crippen molar-refractivity contribution in [3.8, 4) is 0 Å². The molecule has 0 aromatic heterocycles. The average Bonchev–Trinajstić information content (AvgIpc) is 2.06. The molecule has 0 aliphatic carbocycles. The molecule has 0 heterocycles. The second kappa shape index (κ2) is 3.87. The highest BCUT2D eigenvalue weighted by Crippen LogP contribution is 2.22. The van der Waals surface area contributed by atoms with Crippen molar-refractivity contribution in [2.75, 3.05) is 0 Å². The molecule has 12 heavy (non-hydrogen) atoms. The summed E-state index contributed by atoms with van der Waals surface area (Å²) in [5.74, 6) is 0. The smallest absolute Gasteiger partial charge is 0.252 e. The zero-order valence-electron chi connectivity index (χ0n) is 6.21. The van der Waals surface area contributed by atoms with Gasteiger partial charge in [-0.15, -0.1) is 0 Å². The van der Waals surface area contributed by atoms with Crippen molar-refractivity contribution in [3.05, 3.63) is 35.9 Å². The maximum Gasteiger partial charge on any atom is 0.369 e. The summed E-state index contributed by atoms with van der Waals surface area (Å²) in [6, 6.07) is 8.39. The molecule has 0 bridgehead atoms. The van der Waals surface area contributed by atoms with Crippen LogP contribution in [-0.4, -0.2) is 6.11 Å². The fourth-order valence-corrected chi connectivity index (χ4v) is 0.930. The van der Waals surface area contributed by atoms with Crippen molar-refractivity contribution in [1.82, 2.24) is 0 Å². The van der Waals surface area contributed by atoms with Gasteiger partial charge in [0.25, 0.3) is 0 Å². The molecule has 1 rings (SSSR count). The quantitative estimate of drug-likeness (QED) is 0.569. The van der Waals surface area contributed by atoms with E-state index in [9.17, 15) is 8.78 Å². The van der Waals surface area contributed by atoms with Crippen LogP contribution < -0.4 is 0 Å². The lowest BCUT2D eigenvalue weighted by atomic mass is 10.1. The van der Waals surface area contributed by atoms with E-state index >= 15 is 0 Å². The zero-order chi connectivity index (χ0) is 9.03. The van der Waals surface area contributed by atoms with Crippen LogP contribution in [0.5, 0.6) is 0 Å². The Morgan fingerprint density at radius 3 is 2.33 bits per heavy atom. The van der Waals surface area contributed by atoms with Gasteiger partial charge in [0.1, 0.15) is 0 Å². The summed E-state index contributed by atoms with van der Waals surface area (Å²) in [6.45, 7) is 0. The van der Waals surface area contributed by atoms with Crippen LogP contribution in [0.1, 0.15) is 5.56 Å². The molecule has 0 spiro atoms. The van der Waals surface area contributed by atoms with E-state index in [1.165, 1.54) is 0 Å². The fraction of sp³-hybridized carbons (Fsp3) is 0.250. The van der Waals surface area contributed by atoms with Gasteiger partial charge in [-0.25, -0.2) is 0 Å². The molecule has 4 heteroatoms. The first kappa shape index (κ1) is 9.48. The largest absolute Gasteiger partial charge is 0.369 e. The predicted octanol–water partition coefficient (Wildman–Crippen LogP) is 2.68. The van der Waals surface area contributed by atoms with Gasteiger partial charge in [0, 0.05) is 0 Å². The lowest BCUT2D eigenvalue weighted by Crippen LogP contribution is -2.19. The normalized spacial score (nSPS) is 11.6. The Hall–Kier alpha value is -0.610.